The molecular weight excluding hydrogens is 312 g/mol. The van der Waals surface area contributed by atoms with Crippen molar-refractivity contribution < 1.29 is 8.78 Å². The maximum absolute atomic E-state index is 13.8. The van der Waals surface area contributed by atoms with Gasteiger partial charge in [0, 0.05) is 17.1 Å². The van der Waals surface area contributed by atoms with Crippen molar-refractivity contribution in [3.05, 3.63) is 44.6 Å². The number of nitrogens with one attached hydrogen (secondary N) is 1. The summed E-state index contributed by atoms with van der Waals surface area (Å²) in [5.74, 6) is -1.27. The molecule has 0 radical (unpaired) electrons. The molecule has 3 rings (SSSR count). The second-order valence-corrected chi connectivity index (χ2v) is 6.31. The highest BCUT2D eigenvalue weighted by Gasteiger charge is 2.18. The third kappa shape index (κ3) is 2.40. The number of nitrogens with zero attached hydrogens (tertiary/aromatic N) is 2. The fourth-order valence-corrected chi connectivity index (χ4v) is 3.58. The van der Waals surface area contributed by atoms with Crippen molar-refractivity contribution in [2.24, 2.45) is 0 Å². The van der Waals surface area contributed by atoms with Crippen LogP contribution in [-0.4, -0.2) is 14.5 Å². The number of imidazole rings is 1. The molecule has 0 saturated carbocycles. The zero-order chi connectivity index (χ0) is 15.1. The molecule has 3 nitrogen and oxygen atoms in total. The number of hydrogen-bond acceptors (Lipinski definition) is 3. The number of fused-ring (bicyclic) bond motifs is 1. The Morgan fingerprint density at radius 1 is 1.43 bits per heavy atom. The van der Waals surface area contributed by atoms with E-state index in [1.54, 1.807) is 15.9 Å². The first-order valence-corrected chi connectivity index (χ1v) is 7.77. The van der Waals surface area contributed by atoms with Gasteiger partial charge in [-0.1, -0.05) is 6.92 Å². The third-order valence-corrected chi connectivity index (χ3v) is 5.02. The summed E-state index contributed by atoms with van der Waals surface area (Å²) < 4.78 is 29.4. The first kappa shape index (κ1) is 14.3. The predicted octanol–water partition coefficient (Wildman–Crippen LogP) is 4.61. The predicted molar refractivity (Wildman–Crippen MR) is 82.3 cm³/mol. The number of rotatable bonds is 3. The second kappa shape index (κ2) is 5.31. The van der Waals surface area contributed by atoms with Gasteiger partial charge in [-0.2, -0.15) is 0 Å². The number of aryl methyl sites for hydroxylation is 1. The molecule has 7 heteroatoms. The van der Waals surface area contributed by atoms with Gasteiger partial charge in [-0.15, -0.1) is 11.3 Å². The number of thiazole rings is 1. The number of halogens is 2. The Bertz CT molecular complexity index is 863. The average Bonchev–Trinajstić information content (AvgIpc) is 3.02. The molecule has 1 N–H and O–H groups in total. The summed E-state index contributed by atoms with van der Waals surface area (Å²) in [4.78, 5) is 8.36. The van der Waals surface area contributed by atoms with Gasteiger partial charge < -0.3 is 9.55 Å². The van der Waals surface area contributed by atoms with E-state index in [0.29, 0.717) is 10.3 Å². The van der Waals surface area contributed by atoms with E-state index in [1.165, 1.54) is 10.9 Å². The van der Waals surface area contributed by atoms with Crippen LogP contribution < -0.4 is 0 Å². The van der Waals surface area contributed by atoms with Crippen molar-refractivity contribution >= 4 is 34.6 Å². The lowest BCUT2D eigenvalue weighted by molar-refractivity contribution is 0.588. The second-order valence-electron chi connectivity index (χ2n) is 4.78. The van der Waals surface area contributed by atoms with E-state index in [-0.39, 0.29) is 11.6 Å². The molecule has 3 aromatic rings. The van der Waals surface area contributed by atoms with Crippen molar-refractivity contribution in [2.45, 2.75) is 26.3 Å². The third-order valence-electron chi connectivity index (χ3n) is 3.41. The topological polar surface area (TPSA) is 33.6 Å². The van der Waals surface area contributed by atoms with Crippen LogP contribution in [0.3, 0.4) is 0 Å². The molecule has 0 amide bonds. The Balaban J connectivity index is 2.19. The van der Waals surface area contributed by atoms with Gasteiger partial charge in [0.1, 0.15) is 16.3 Å². The molecule has 0 saturated heterocycles. The highest BCUT2D eigenvalue weighted by molar-refractivity contribution is 7.71. The van der Waals surface area contributed by atoms with Crippen molar-refractivity contribution in [1.82, 2.24) is 14.5 Å². The van der Waals surface area contributed by atoms with Crippen LogP contribution in [0.5, 0.6) is 0 Å². The van der Waals surface area contributed by atoms with Crippen LogP contribution in [0.15, 0.2) is 18.3 Å². The van der Waals surface area contributed by atoms with E-state index in [2.05, 4.69) is 16.9 Å². The van der Waals surface area contributed by atoms with Crippen LogP contribution in [-0.2, 0) is 6.42 Å². The number of aromatic amines is 1. The van der Waals surface area contributed by atoms with Crippen molar-refractivity contribution in [3.63, 3.8) is 0 Å². The van der Waals surface area contributed by atoms with Gasteiger partial charge >= 0.3 is 0 Å². The molecule has 0 fully saturated rings. The zero-order valence-corrected chi connectivity index (χ0v) is 13.1. The Kier molecular flexibility index (Phi) is 3.62. The molecule has 2 aromatic heterocycles. The Morgan fingerprint density at radius 3 is 2.86 bits per heavy atom. The van der Waals surface area contributed by atoms with Crippen LogP contribution >= 0.6 is 23.6 Å². The van der Waals surface area contributed by atoms with E-state index in [1.807, 2.05) is 13.1 Å². The number of H-pyrrole nitrogens is 1. The highest BCUT2D eigenvalue weighted by Crippen LogP contribution is 2.29. The summed E-state index contributed by atoms with van der Waals surface area (Å²) in [5, 5.41) is 0.869. The quantitative estimate of drug-likeness (QED) is 0.714. The Labute approximate surface area is 129 Å². The molecule has 0 aliphatic heterocycles. The molecule has 0 aliphatic rings. The van der Waals surface area contributed by atoms with E-state index >= 15 is 0 Å². The molecule has 0 bridgehead atoms. The van der Waals surface area contributed by atoms with Gasteiger partial charge in [0.2, 0.25) is 0 Å². The lowest BCUT2D eigenvalue weighted by Gasteiger charge is -2.11. The fraction of sp³-hybridized carbons (Fsp3) is 0.286. The van der Waals surface area contributed by atoms with Gasteiger partial charge in [0.25, 0.3) is 0 Å². The molecule has 110 valence electrons. The minimum absolute atomic E-state index is 0.183. The van der Waals surface area contributed by atoms with Crippen LogP contribution in [0.2, 0.25) is 0 Å². The first-order valence-electron chi connectivity index (χ1n) is 6.55. The molecule has 21 heavy (non-hydrogen) atoms. The maximum atomic E-state index is 13.8. The average molecular weight is 325 g/mol. The van der Waals surface area contributed by atoms with Crippen molar-refractivity contribution in [1.29, 1.82) is 0 Å². The van der Waals surface area contributed by atoms with Crippen LogP contribution in [0.1, 0.15) is 29.8 Å². The SMILES string of the molecule is CCc1cnc(C(C)n2c(=S)[nH]c3c(F)cc(F)cc32)s1. The molecule has 0 spiro atoms. The minimum Gasteiger partial charge on any atom is -0.328 e. The summed E-state index contributed by atoms with van der Waals surface area (Å²) in [5.41, 5.74) is 0.638. The van der Waals surface area contributed by atoms with Crippen molar-refractivity contribution in [2.75, 3.05) is 0 Å². The standard InChI is InChI=1S/C14H13F2N3S2/c1-3-9-6-17-13(21-9)7(2)19-11-5-8(15)4-10(16)12(11)18-14(19)20/h4-7H,3H2,1-2H3,(H,18,20). The van der Waals surface area contributed by atoms with E-state index in [9.17, 15) is 8.78 Å². The molecule has 1 atom stereocenters. The summed E-state index contributed by atoms with van der Waals surface area (Å²) in [6.45, 7) is 3.98. The summed E-state index contributed by atoms with van der Waals surface area (Å²) in [6.07, 6.45) is 2.74. The molecule has 0 aliphatic carbocycles. The smallest absolute Gasteiger partial charge is 0.178 e. The van der Waals surface area contributed by atoms with E-state index in [4.69, 9.17) is 12.2 Å². The largest absolute Gasteiger partial charge is 0.328 e. The lowest BCUT2D eigenvalue weighted by atomic mass is 10.2. The normalized spacial score (nSPS) is 13.0. The lowest BCUT2D eigenvalue weighted by Crippen LogP contribution is -2.06. The van der Waals surface area contributed by atoms with Gasteiger partial charge in [0.15, 0.2) is 10.6 Å². The number of hydrogen-bond donors (Lipinski definition) is 1. The maximum Gasteiger partial charge on any atom is 0.178 e. The number of benzene rings is 1. The summed E-state index contributed by atoms with van der Waals surface area (Å²) in [7, 11) is 0. The molecule has 2 heterocycles. The fourth-order valence-electron chi connectivity index (χ4n) is 2.32. The van der Waals surface area contributed by atoms with Crippen LogP contribution in [0.4, 0.5) is 8.78 Å². The van der Waals surface area contributed by atoms with Crippen LogP contribution in [0, 0.1) is 16.4 Å². The molecule has 1 unspecified atom stereocenters. The zero-order valence-electron chi connectivity index (χ0n) is 11.5. The summed E-state index contributed by atoms with van der Waals surface area (Å²) in [6, 6.07) is 1.95. The van der Waals surface area contributed by atoms with Gasteiger partial charge in [-0.3, -0.25) is 0 Å². The highest BCUT2D eigenvalue weighted by atomic mass is 32.1. The van der Waals surface area contributed by atoms with Gasteiger partial charge in [-0.05, 0) is 31.6 Å². The van der Waals surface area contributed by atoms with Crippen molar-refractivity contribution in [3.8, 4) is 0 Å². The van der Waals surface area contributed by atoms with Crippen LogP contribution in [0.25, 0.3) is 11.0 Å². The van der Waals surface area contributed by atoms with Gasteiger partial charge in [-0.25, -0.2) is 13.8 Å². The molecule has 1 aromatic carbocycles. The first-order chi connectivity index (χ1) is 10.0. The van der Waals surface area contributed by atoms with E-state index in [0.717, 1.165) is 17.5 Å². The minimum atomic E-state index is -0.643. The Hall–Kier alpha value is -1.60. The van der Waals surface area contributed by atoms with Gasteiger partial charge in [0.05, 0.1) is 11.6 Å². The molecular formula is C14H13F2N3S2. The van der Waals surface area contributed by atoms with E-state index < -0.39 is 11.6 Å². The monoisotopic (exact) mass is 325 g/mol. The summed E-state index contributed by atoms with van der Waals surface area (Å²) >= 11 is 6.85. The Morgan fingerprint density at radius 2 is 2.19 bits per heavy atom. The number of aromatic nitrogens is 3.